The van der Waals surface area contributed by atoms with E-state index in [1.807, 2.05) is 0 Å². The summed E-state index contributed by atoms with van der Waals surface area (Å²) in [6, 6.07) is 5.12. The number of carbonyl (C=O) groups is 1. The molecule has 15 heavy (non-hydrogen) atoms. The number of benzene rings is 1. The van der Waals surface area contributed by atoms with Crippen molar-refractivity contribution in [1.29, 1.82) is 0 Å². The molecule has 0 aliphatic heterocycles. The van der Waals surface area contributed by atoms with Crippen molar-refractivity contribution in [3.8, 4) is 0 Å². The first-order valence-corrected chi connectivity index (χ1v) is 5.36. The smallest absolute Gasteiger partial charge is 0.165 e. The second kappa shape index (κ2) is 5.50. The lowest BCUT2D eigenvalue weighted by Gasteiger charge is -2.16. The normalized spacial score (nSPS) is 12.5. The summed E-state index contributed by atoms with van der Waals surface area (Å²) in [6.07, 6.45) is -0.281. The van der Waals surface area contributed by atoms with Crippen molar-refractivity contribution in [3.63, 3.8) is 0 Å². The predicted molar refractivity (Wildman–Crippen MR) is 61.5 cm³/mol. The Hall–Kier alpha value is -0.570. The van der Waals surface area contributed by atoms with Gasteiger partial charge in [0.05, 0.1) is 0 Å². The van der Waals surface area contributed by atoms with E-state index in [1.165, 1.54) is 7.11 Å². The summed E-state index contributed by atoms with van der Waals surface area (Å²) < 4.78 is 5.13. The highest BCUT2D eigenvalue weighted by Crippen LogP contribution is 2.32. The molecule has 2 nitrogen and oxygen atoms in total. The van der Waals surface area contributed by atoms with Crippen molar-refractivity contribution >= 4 is 29.0 Å². The number of hydrogen-bond donors (Lipinski definition) is 0. The van der Waals surface area contributed by atoms with Gasteiger partial charge in [0.1, 0.15) is 6.10 Å². The number of Topliss-reactive ketones (excluding diaryl/α,β-unsaturated/α-hetero) is 1. The van der Waals surface area contributed by atoms with Gasteiger partial charge in [-0.15, -0.1) is 0 Å². The van der Waals surface area contributed by atoms with Crippen molar-refractivity contribution in [2.24, 2.45) is 0 Å². The van der Waals surface area contributed by atoms with Crippen LogP contribution in [-0.4, -0.2) is 12.9 Å². The molecule has 0 aliphatic carbocycles. The number of methoxy groups -OCH3 is 1. The minimum atomic E-state index is -0.670. The van der Waals surface area contributed by atoms with E-state index in [2.05, 4.69) is 0 Å². The molecule has 0 aromatic heterocycles. The number of hydrogen-bond acceptors (Lipinski definition) is 2. The molecule has 0 amide bonds. The Bertz CT molecular complexity index is 343. The summed E-state index contributed by atoms with van der Waals surface area (Å²) in [6.45, 7) is 1.78. The van der Waals surface area contributed by atoms with Gasteiger partial charge in [0, 0.05) is 29.1 Å². The van der Waals surface area contributed by atoms with Crippen LogP contribution >= 0.6 is 23.2 Å². The molecule has 1 unspecified atom stereocenters. The highest BCUT2D eigenvalue weighted by molar-refractivity contribution is 6.36. The van der Waals surface area contributed by atoms with Crippen LogP contribution < -0.4 is 0 Å². The monoisotopic (exact) mass is 246 g/mol. The zero-order chi connectivity index (χ0) is 11.4. The molecule has 0 N–H and O–H groups in total. The maximum atomic E-state index is 11.6. The Balaban J connectivity index is 3.17. The van der Waals surface area contributed by atoms with Gasteiger partial charge in [-0.05, 0) is 12.1 Å². The van der Waals surface area contributed by atoms with Crippen LogP contribution in [0, 0.1) is 0 Å². The first-order chi connectivity index (χ1) is 7.11. The highest BCUT2D eigenvalue weighted by Gasteiger charge is 2.23. The number of rotatable bonds is 4. The van der Waals surface area contributed by atoms with Crippen LogP contribution in [0.15, 0.2) is 18.2 Å². The summed E-state index contributed by atoms with van der Waals surface area (Å²) in [5.41, 5.74) is 0.551. The Morgan fingerprint density at radius 2 is 1.93 bits per heavy atom. The fraction of sp³-hybridized carbons (Fsp3) is 0.364. The molecule has 0 bridgehead atoms. The van der Waals surface area contributed by atoms with E-state index < -0.39 is 6.10 Å². The topological polar surface area (TPSA) is 26.3 Å². The van der Waals surface area contributed by atoms with Crippen LogP contribution in [0.5, 0.6) is 0 Å². The quantitative estimate of drug-likeness (QED) is 0.811. The average molecular weight is 247 g/mol. The molecule has 0 heterocycles. The minimum Gasteiger partial charge on any atom is -0.369 e. The molecule has 1 aromatic rings. The van der Waals surface area contributed by atoms with Crippen LogP contribution in [0.4, 0.5) is 0 Å². The fourth-order valence-corrected chi connectivity index (χ4v) is 1.95. The number of carbonyl (C=O) groups excluding carboxylic acids is 1. The number of ketones is 1. The van der Waals surface area contributed by atoms with E-state index >= 15 is 0 Å². The molecule has 1 aromatic carbocycles. The third-order valence-corrected chi connectivity index (χ3v) is 2.80. The van der Waals surface area contributed by atoms with E-state index in [0.717, 1.165) is 0 Å². The van der Waals surface area contributed by atoms with E-state index in [-0.39, 0.29) is 5.78 Å². The van der Waals surface area contributed by atoms with Crippen LogP contribution in [0.2, 0.25) is 10.0 Å². The SMILES string of the molecule is CCC(=O)C(OC)c1c(Cl)cccc1Cl. The zero-order valence-corrected chi connectivity index (χ0v) is 10.1. The Morgan fingerprint density at radius 3 is 2.33 bits per heavy atom. The second-order valence-corrected chi connectivity index (χ2v) is 3.89. The molecule has 0 saturated heterocycles. The summed E-state index contributed by atoms with van der Waals surface area (Å²) in [4.78, 5) is 11.6. The molecule has 0 fully saturated rings. The molecule has 1 rings (SSSR count). The van der Waals surface area contributed by atoms with Crippen LogP contribution in [0.25, 0.3) is 0 Å². The standard InChI is InChI=1S/C11H12Cl2O2/c1-3-9(14)11(15-2)10-7(12)5-4-6-8(10)13/h4-6,11H,3H2,1-2H3. The van der Waals surface area contributed by atoms with E-state index in [1.54, 1.807) is 25.1 Å². The first-order valence-electron chi connectivity index (χ1n) is 4.61. The van der Waals surface area contributed by atoms with Crippen LogP contribution in [0.1, 0.15) is 25.0 Å². The van der Waals surface area contributed by atoms with Crippen LogP contribution in [-0.2, 0) is 9.53 Å². The third-order valence-electron chi connectivity index (χ3n) is 2.14. The maximum absolute atomic E-state index is 11.6. The van der Waals surface area contributed by atoms with Gasteiger partial charge in [0.2, 0.25) is 0 Å². The largest absolute Gasteiger partial charge is 0.369 e. The van der Waals surface area contributed by atoms with E-state index in [0.29, 0.717) is 22.0 Å². The lowest BCUT2D eigenvalue weighted by molar-refractivity contribution is -0.128. The molecule has 82 valence electrons. The summed E-state index contributed by atoms with van der Waals surface area (Å²) in [5.74, 6) is -0.0347. The fourth-order valence-electron chi connectivity index (χ4n) is 1.36. The predicted octanol–water partition coefficient (Wildman–Crippen LogP) is 3.66. The molecule has 0 radical (unpaired) electrons. The van der Waals surface area contributed by atoms with Crippen LogP contribution in [0.3, 0.4) is 0 Å². The van der Waals surface area contributed by atoms with Gasteiger partial charge < -0.3 is 4.74 Å². The number of ether oxygens (including phenoxy) is 1. The van der Waals surface area contributed by atoms with Crippen molar-refractivity contribution in [3.05, 3.63) is 33.8 Å². The third kappa shape index (κ3) is 2.71. The van der Waals surface area contributed by atoms with E-state index in [4.69, 9.17) is 27.9 Å². The van der Waals surface area contributed by atoms with Crippen molar-refractivity contribution < 1.29 is 9.53 Å². The van der Waals surface area contributed by atoms with Crippen molar-refractivity contribution in [2.75, 3.05) is 7.11 Å². The van der Waals surface area contributed by atoms with Gasteiger partial charge in [-0.25, -0.2) is 0 Å². The molecule has 1 atom stereocenters. The van der Waals surface area contributed by atoms with Gasteiger partial charge in [0.25, 0.3) is 0 Å². The first kappa shape index (κ1) is 12.5. The number of halogens is 2. The molecule has 0 aliphatic rings. The average Bonchev–Trinajstić information content (AvgIpc) is 2.22. The van der Waals surface area contributed by atoms with Gasteiger partial charge in [-0.3, -0.25) is 4.79 Å². The summed E-state index contributed by atoms with van der Waals surface area (Å²) in [5, 5.41) is 0.910. The lowest BCUT2D eigenvalue weighted by Crippen LogP contribution is -2.14. The molecule has 4 heteroatoms. The zero-order valence-electron chi connectivity index (χ0n) is 8.59. The Morgan fingerprint density at radius 1 is 1.40 bits per heavy atom. The minimum absolute atomic E-state index is 0.0347. The summed E-state index contributed by atoms with van der Waals surface area (Å²) >= 11 is 12.0. The Labute approximate surface area is 99.1 Å². The van der Waals surface area contributed by atoms with Crippen molar-refractivity contribution in [2.45, 2.75) is 19.4 Å². The van der Waals surface area contributed by atoms with Gasteiger partial charge in [-0.1, -0.05) is 36.2 Å². The van der Waals surface area contributed by atoms with Gasteiger partial charge in [-0.2, -0.15) is 0 Å². The van der Waals surface area contributed by atoms with Gasteiger partial charge >= 0.3 is 0 Å². The lowest BCUT2D eigenvalue weighted by atomic mass is 10.0. The molecule has 0 spiro atoms. The molecular formula is C11H12Cl2O2. The Kier molecular flexibility index (Phi) is 4.58. The summed E-state index contributed by atoms with van der Waals surface area (Å²) in [7, 11) is 1.47. The highest BCUT2D eigenvalue weighted by atomic mass is 35.5. The van der Waals surface area contributed by atoms with E-state index in [9.17, 15) is 4.79 Å². The van der Waals surface area contributed by atoms with Gasteiger partial charge in [0.15, 0.2) is 5.78 Å². The second-order valence-electron chi connectivity index (χ2n) is 3.07. The molecule has 0 saturated carbocycles. The molecular weight excluding hydrogens is 235 g/mol. The maximum Gasteiger partial charge on any atom is 0.165 e. The van der Waals surface area contributed by atoms with Crippen molar-refractivity contribution in [1.82, 2.24) is 0 Å².